The maximum Gasteiger partial charge on any atom is 0.192 e. The summed E-state index contributed by atoms with van der Waals surface area (Å²) in [5, 5.41) is 0.774. The zero-order valence-electron chi connectivity index (χ0n) is 12.2. The van der Waals surface area contributed by atoms with E-state index in [-0.39, 0.29) is 6.04 Å². The van der Waals surface area contributed by atoms with Crippen LogP contribution in [0.5, 0.6) is 0 Å². The molecule has 0 saturated carbocycles. The van der Waals surface area contributed by atoms with E-state index in [9.17, 15) is 0 Å². The van der Waals surface area contributed by atoms with Crippen LogP contribution in [0.25, 0.3) is 0 Å². The van der Waals surface area contributed by atoms with Gasteiger partial charge in [0.1, 0.15) is 0 Å². The van der Waals surface area contributed by atoms with Crippen LogP contribution in [0.1, 0.15) is 37.8 Å². The molecule has 2 N–H and O–H groups in total. The maximum atomic E-state index is 5.76. The van der Waals surface area contributed by atoms with Gasteiger partial charge in [-0.1, -0.05) is 26.0 Å². The highest BCUT2D eigenvalue weighted by Gasteiger charge is 2.04. The third kappa shape index (κ3) is 4.32. The first-order chi connectivity index (χ1) is 9.54. The van der Waals surface area contributed by atoms with Crippen molar-refractivity contribution in [2.24, 2.45) is 5.73 Å². The molecule has 0 radical (unpaired) electrons. The zero-order valence-corrected chi connectivity index (χ0v) is 13.0. The lowest BCUT2D eigenvalue weighted by atomic mass is 10.0. The van der Waals surface area contributed by atoms with Gasteiger partial charge in [-0.25, -0.2) is 9.97 Å². The first-order valence-corrected chi connectivity index (χ1v) is 7.70. The fourth-order valence-corrected chi connectivity index (χ4v) is 2.59. The highest BCUT2D eigenvalue weighted by atomic mass is 32.2. The maximum absolute atomic E-state index is 5.76. The number of nitrogens with zero attached hydrogens (tertiary/aromatic N) is 2. The fraction of sp³-hybridized carbons (Fsp3) is 0.375. The molecule has 1 aromatic carbocycles. The van der Waals surface area contributed by atoms with Crippen LogP contribution in [0.15, 0.2) is 46.7 Å². The molecule has 1 atom stereocenters. The molecule has 20 heavy (non-hydrogen) atoms. The van der Waals surface area contributed by atoms with Crippen molar-refractivity contribution in [2.75, 3.05) is 0 Å². The van der Waals surface area contributed by atoms with Crippen molar-refractivity contribution in [1.29, 1.82) is 0 Å². The summed E-state index contributed by atoms with van der Waals surface area (Å²) in [6.07, 6.45) is 4.54. The van der Waals surface area contributed by atoms with Crippen molar-refractivity contribution in [3.63, 3.8) is 0 Å². The van der Waals surface area contributed by atoms with Crippen LogP contribution < -0.4 is 5.73 Å². The molecular weight excluding hydrogens is 266 g/mol. The Labute approximate surface area is 125 Å². The van der Waals surface area contributed by atoms with Gasteiger partial charge >= 0.3 is 0 Å². The van der Waals surface area contributed by atoms with E-state index >= 15 is 0 Å². The smallest absolute Gasteiger partial charge is 0.192 e. The Hall–Kier alpha value is -1.39. The third-order valence-corrected chi connectivity index (χ3v) is 3.90. The molecule has 0 bridgehead atoms. The lowest BCUT2D eigenvalue weighted by molar-refractivity contribution is 0.727. The molecule has 1 unspecified atom stereocenters. The van der Waals surface area contributed by atoms with E-state index in [2.05, 4.69) is 48.1 Å². The number of benzene rings is 1. The fourth-order valence-electron chi connectivity index (χ4n) is 1.90. The second kappa shape index (κ2) is 6.86. The SMILES string of the molecule is CC(N)Cc1cnc(Sc2ccc(C(C)C)cc2)nc1. The summed E-state index contributed by atoms with van der Waals surface area (Å²) < 4.78 is 0. The van der Waals surface area contributed by atoms with Crippen LogP contribution in [-0.2, 0) is 6.42 Å². The zero-order chi connectivity index (χ0) is 14.5. The molecule has 106 valence electrons. The number of aromatic nitrogens is 2. The quantitative estimate of drug-likeness (QED) is 0.853. The first-order valence-electron chi connectivity index (χ1n) is 6.89. The summed E-state index contributed by atoms with van der Waals surface area (Å²) in [7, 11) is 0. The van der Waals surface area contributed by atoms with E-state index < -0.39 is 0 Å². The van der Waals surface area contributed by atoms with Crippen LogP contribution in [0.3, 0.4) is 0 Å². The second-order valence-corrected chi connectivity index (χ2v) is 6.42. The topological polar surface area (TPSA) is 51.8 Å². The van der Waals surface area contributed by atoms with Crippen LogP contribution in [0.2, 0.25) is 0 Å². The summed E-state index contributed by atoms with van der Waals surface area (Å²) in [4.78, 5) is 9.92. The molecular formula is C16H21N3S. The summed E-state index contributed by atoms with van der Waals surface area (Å²) in [5.41, 5.74) is 8.20. The van der Waals surface area contributed by atoms with Gasteiger partial charge in [0.15, 0.2) is 5.16 Å². The number of hydrogen-bond donors (Lipinski definition) is 1. The number of hydrogen-bond acceptors (Lipinski definition) is 4. The molecule has 0 fully saturated rings. The Kier molecular flexibility index (Phi) is 5.15. The van der Waals surface area contributed by atoms with Gasteiger partial charge in [-0.15, -0.1) is 0 Å². The minimum atomic E-state index is 0.140. The normalized spacial score (nSPS) is 12.7. The van der Waals surface area contributed by atoms with Gasteiger partial charge in [0.25, 0.3) is 0 Å². The van der Waals surface area contributed by atoms with Gasteiger partial charge in [-0.2, -0.15) is 0 Å². The van der Waals surface area contributed by atoms with E-state index in [4.69, 9.17) is 5.73 Å². The van der Waals surface area contributed by atoms with Gasteiger partial charge in [-0.05, 0) is 54.3 Å². The Morgan fingerprint density at radius 3 is 2.15 bits per heavy atom. The van der Waals surface area contributed by atoms with Crippen molar-refractivity contribution < 1.29 is 0 Å². The van der Waals surface area contributed by atoms with Crippen LogP contribution in [0.4, 0.5) is 0 Å². The van der Waals surface area contributed by atoms with Gasteiger partial charge in [0, 0.05) is 23.3 Å². The molecule has 1 aromatic heterocycles. The van der Waals surface area contributed by atoms with Gasteiger partial charge in [0.2, 0.25) is 0 Å². The Morgan fingerprint density at radius 2 is 1.65 bits per heavy atom. The number of rotatable bonds is 5. The van der Waals surface area contributed by atoms with Crippen LogP contribution in [0, 0.1) is 0 Å². The molecule has 0 amide bonds. The van der Waals surface area contributed by atoms with E-state index in [1.807, 2.05) is 19.3 Å². The predicted molar refractivity (Wildman–Crippen MR) is 84.0 cm³/mol. The molecule has 1 heterocycles. The summed E-state index contributed by atoms with van der Waals surface area (Å²) in [6.45, 7) is 6.38. The van der Waals surface area contributed by atoms with E-state index in [0.29, 0.717) is 5.92 Å². The minimum absolute atomic E-state index is 0.140. The van der Waals surface area contributed by atoms with E-state index in [1.165, 1.54) is 5.56 Å². The Morgan fingerprint density at radius 1 is 1.05 bits per heavy atom. The highest BCUT2D eigenvalue weighted by molar-refractivity contribution is 7.99. The van der Waals surface area contributed by atoms with E-state index in [0.717, 1.165) is 22.0 Å². The van der Waals surface area contributed by atoms with Gasteiger partial charge < -0.3 is 5.73 Å². The molecule has 0 spiro atoms. The summed E-state index contributed by atoms with van der Waals surface area (Å²) >= 11 is 1.58. The molecule has 3 nitrogen and oxygen atoms in total. The van der Waals surface area contributed by atoms with E-state index in [1.54, 1.807) is 11.8 Å². The molecule has 2 rings (SSSR count). The van der Waals surface area contributed by atoms with Crippen LogP contribution in [-0.4, -0.2) is 16.0 Å². The average Bonchev–Trinajstić information content (AvgIpc) is 2.41. The minimum Gasteiger partial charge on any atom is -0.328 e. The standard InChI is InChI=1S/C16H21N3S/c1-11(2)14-4-6-15(7-5-14)20-16-18-9-13(10-19-16)8-12(3)17/h4-7,9-12H,8,17H2,1-3H3. The molecule has 0 saturated heterocycles. The summed E-state index contributed by atoms with van der Waals surface area (Å²) in [5.74, 6) is 0.558. The Bertz CT molecular complexity index is 533. The first kappa shape index (κ1) is 15.0. The average molecular weight is 287 g/mol. The molecule has 0 aliphatic heterocycles. The third-order valence-electron chi connectivity index (χ3n) is 3.00. The van der Waals surface area contributed by atoms with Crippen molar-refractivity contribution in [3.8, 4) is 0 Å². The molecule has 0 aliphatic rings. The lowest BCUT2D eigenvalue weighted by Gasteiger charge is -2.07. The molecule has 4 heteroatoms. The second-order valence-electron chi connectivity index (χ2n) is 5.38. The van der Waals surface area contributed by atoms with Gasteiger partial charge in [-0.3, -0.25) is 0 Å². The van der Waals surface area contributed by atoms with Crippen molar-refractivity contribution in [3.05, 3.63) is 47.8 Å². The monoisotopic (exact) mass is 287 g/mol. The van der Waals surface area contributed by atoms with Crippen molar-refractivity contribution in [2.45, 2.75) is 49.2 Å². The van der Waals surface area contributed by atoms with Gasteiger partial charge in [0.05, 0.1) is 0 Å². The lowest BCUT2D eigenvalue weighted by Crippen LogP contribution is -2.17. The molecule has 2 aromatic rings. The van der Waals surface area contributed by atoms with Crippen LogP contribution >= 0.6 is 11.8 Å². The summed E-state index contributed by atoms with van der Waals surface area (Å²) in [6, 6.07) is 8.72. The largest absolute Gasteiger partial charge is 0.328 e. The predicted octanol–water partition coefficient (Wildman–Crippen LogP) is 3.64. The Balaban J connectivity index is 2.02. The highest BCUT2D eigenvalue weighted by Crippen LogP contribution is 2.26. The number of nitrogens with two attached hydrogens (primary N) is 1. The van der Waals surface area contributed by atoms with Crippen molar-refractivity contribution >= 4 is 11.8 Å². The molecule has 0 aliphatic carbocycles. The van der Waals surface area contributed by atoms with Crippen molar-refractivity contribution in [1.82, 2.24) is 9.97 Å².